The summed E-state index contributed by atoms with van der Waals surface area (Å²) in [5, 5.41) is 0. The van der Waals surface area contributed by atoms with Crippen LogP contribution in [0.15, 0.2) is 12.5 Å². The molecular weight excluding hydrogens is 238 g/mol. The maximum absolute atomic E-state index is 6.09. The summed E-state index contributed by atoms with van der Waals surface area (Å²) in [5.74, 6) is 1.35. The van der Waals surface area contributed by atoms with Gasteiger partial charge in [0.1, 0.15) is 11.5 Å². The first-order chi connectivity index (χ1) is 9.29. The zero-order chi connectivity index (χ0) is 13.2. The van der Waals surface area contributed by atoms with Crippen LogP contribution in [0.4, 0.5) is 5.82 Å². The van der Waals surface area contributed by atoms with Gasteiger partial charge < -0.3 is 10.3 Å². The number of hydrogen-bond donors (Lipinski definition) is 1. The van der Waals surface area contributed by atoms with Crippen LogP contribution in [0.1, 0.15) is 37.4 Å². The summed E-state index contributed by atoms with van der Waals surface area (Å²) >= 11 is 0. The largest absolute Gasteiger partial charge is 0.383 e. The van der Waals surface area contributed by atoms with Gasteiger partial charge in [0.25, 0.3) is 0 Å². The van der Waals surface area contributed by atoms with Crippen LogP contribution in [0.2, 0.25) is 0 Å². The maximum atomic E-state index is 6.09. The van der Waals surface area contributed by atoms with Crippen molar-refractivity contribution in [1.29, 1.82) is 0 Å². The maximum Gasteiger partial charge on any atom is 0.180 e. The molecule has 100 valence electrons. The average molecular weight is 257 g/mol. The lowest BCUT2D eigenvalue weighted by Gasteiger charge is -2.17. The smallest absolute Gasteiger partial charge is 0.180 e. The Bertz CT molecular complexity index is 588. The fourth-order valence-corrected chi connectivity index (χ4v) is 2.66. The summed E-state index contributed by atoms with van der Waals surface area (Å²) in [6.07, 6.45) is 9.11. The quantitative estimate of drug-likeness (QED) is 0.915. The van der Waals surface area contributed by atoms with Crippen LogP contribution in [-0.2, 0) is 19.4 Å². The predicted octanol–water partition coefficient (Wildman–Crippen LogP) is 2.21. The van der Waals surface area contributed by atoms with Gasteiger partial charge in [-0.05, 0) is 32.1 Å². The van der Waals surface area contributed by atoms with E-state index in [2.05, 4.69) is 21.5 Å². The lowest BCUT2D eigenvalue weighted by molar-refractivity contribution is 0.660. The third-order valence-electron chi connectivity index (χ3n) is 3.62. The number of fused-ring (bicyclic) bond motifs is 1. The fraction of sp³-hybridized carbons (Fsp3) is 0.500. The number of hydrogen-bond acceptors (Lipinski definition) is 4. The molecule has 5 nitrogen and oxygen atoms in total. The van der Waals surface area contributed by atoms with Crippen molar-refractivity contribution in [3.05, 3.63) is 23.8 Å². The van der Waals surface area contributed by atoms with Gasteiger partial charge in [0, 0.05) is 17.8 Å². The minimum absolute atomic E-state index is 0.643. The second-order valence-corrected chi connectivity index (χ2v) is 5.04. The van der Waals surface area contributed by atoms with Crippen molar-refractivity contribution in [3.8, 4) is 11.5 Å². The molecule has 0 spiro atoms. The third-order valence-corrected chi connectivity index (χ3v) is 3.62. The van der Waals surface area contributed by atoms with Gasteiger partial charge in [0.2, 0.25) is 0 Å². The monoisotopic (exact) mass is 257 g/mol. The van der Waals surface area contributed by atoms with Crippen LogP contribution in [0.3, 0.4) is 0 Å². The molecule has 0 saturated heterocycles. The molecule has 2 heterocycles. The third kappa shape index (κ3) is 2.20. The van der Waals surface area contributed by atoms with Gasteiger partial charge in [-0.25, -0.2) is 15.0 Å². The number of aromatic nitrogens is 4. The molecular formula is C14H19N5. The van der Waals surface area contributed by atoms with E-state index in [1.54, 1.807) is 0 Å². The summed E-state index contributed by atoms with van der Waals surface area (Å²) in [6.45, 7) is 3.07. The molecule has 0 atom stereocenters. The molecule has 2 aromatic rings. The molecule has 19 heavy (non-hydrogen) atoms. The molecule has 0 radical (unpaired) electrons. The van der Waals surface area contributed by atoms with Gasteiger partial charge in [-0.3, -0.25) is 0 Å². The molecule has 0 fully saturated rings. The molecule has 0 unspecified atom stereocenters. The molecule has 3 rings (SSSR count). The predicted molar refractivity (Wildman–Crippen MR) is 74.6 cm³/mol. The Morgan fingerprint density at radius 3 is 2.95 bits per heavy atom. The lowest BCUT2D eigenvalue weighted by Crippen LogP contribution is -2.12. The minimum atomic E-state index is 0.643. The SMILES string of the molecule is CCCn1cncc1-c1nc(N)c2c(n1)CCCC2. The van der Waals surface area contributed by atoms with Crippen LogP contribution >= 0.6 is 0 Å². The van der Waals surface area contributed by atoms with E-state index < -0.39 is 0 Å². The van der Waals surface area contributed by atoms with E-state index in [0.717, 1.165) is 42.8 Å². The Labute approximate surface area is 112 Å². The second-order valence-electron chi connectivity index (χ2n) is 5.04. The first-order valence-corrected chi connectivity index (χ1v) is 6.95. The number of imidazole rings is 1. The first-order valence-electron chi connectivity index (χ1n) is 6.95. The molecule has 0 aliphatic heterocycles. The first kappa shape index (κ1) is 12.1. The van der Waals surface area contributed by atoms with E-state index in [4.69, 9.17) is 10.7 Å². The van der Waals surface area contributed by atoms with Crippen molar-refractivity contribution in [2.24, 2.45) is 0 Å². The average Bonchev–Trinajstić information content (AvgIpc) is 2.87. The topological polar surface area (TPSA) is 69.6 Å². The van der Waals surface area contributed by atoms with E-state index in [9.17, 15) is 0 Å². The molecule has 2 aromatic heterocycles. The van der Waals surface area contributed by atoms with E-state index in [1.165, 1.54) is 12.8 Å². The summed E-state index contributed by atoms with van der Waals surface area (Å²) in [5.41, 5.74) is 9.32. The normalized spacial score (nSPS) is 14.4. The standard InChI is InChI=1S/C14H19N5/c1-2-7-19-9-16-8-12(19)14-17-11-6-4-3-5-10(11)13(15)18-14/h8-9H,2-7H2,1H3,(H2,15,17,18). The highest BCUT2D eigenvalue weighted by atomic mass is 15.1. The molecule has 0 saturated carbocycles. The van der Waals surface area contributed by atoms with Crippen LogP contribution in [0.5, 0.6) is 0 Å². The number of nitrogens with zero attached hydrogens (tertiary/aromatic N) is 4. The molecule has 0 aromatic carbocycles. The lowest BCUT2D eigenvalue weighted by atomic mass is 9.96. The van der Waals surface area contributed by atoms with E-state index in [-0.39, 0.29) is 0 Å². The van der Waals surface area contributed by atoms with Crippen molar-refractivity contribution in [3.63, 3.8) is 0 Å². The van der Waals surface area contributed by atoms with E-state index in [1.807, 2.05) is 12.5 Å². The van der Waals surface area contributed by atoms with E-state index >= 15 is 0 Å². The van der Waals surface area contributed by atoms with Crippen LogP contribution in [0, 0.1) is 0 Å². The molecule has 5 heteroatoms. The van der Waals surface area contributed by atoms with Crippen molar-refractivity contribution in [2.45, 2.75) is 45.6 Å². The molecule has 1 aliphatic carbocycles. The van der Waals surface area contributed by atoms with Gasteiger partial charge in [-0.1, -0.05) is 6.92 Å². The molecule has 0 bridgehead atoms. The summed E-state index contributed by atoms with van der Waals surface area (Å²) in [7, 11) is 0. The van der Waals surface area contributed by atoms with Gasteiger partial charge in [-0.2, -0.15) is 0 Å². The number of nitrogens with two attached hydrogens (primary N) is 1. The number of aryl methyl sites for hydroxylation is 2. The zero-order valence-corrected chi connectivity index (χ0v) is 11.3. The Kier molecular flexibility index (Phi) is 3.19. The summed E-state index contributed by atoms with van der Waals surface area (Å²) in [4.78, 5) is 13.4. The summed E-state index contributed by atoms with van der Waals surface area (Å²) in [6, 6.07) is 0. The van der Waals surface area contributed by atoms with Crippen molar-refractivity contribution in [1.82, 2.24) is 19.5 Å². The number of nitrogen functional groups attached to an aromatic ring is 1. The van der Waals surface area contributed by atoms with Gasteiger partial charge in [0.05, 0.1) is 12.5 Å². The Morgan fingerprint density at radius 1 is 1.26 bits per heavy atom. The van der Waals surface area contributed by atoms with Crippen LogP contribution in [0.25, 0.3) is 11.5 Å². The number of rotatable bonds is 3. The van der Waals surface area contributed by atoms with Crippen molar-refractivity contribution < 1.29 is 0 Å². The van der Waals surface area contributed by atoms with E-state index in [0.29, 0.717) is 11.6 Å². The van der Waals surface area contributed by atoms with Crippen molar-refractivity contribution >= 4 is 5.82 Å². The Hall–Kier alpha value is -1.91. The molecule has 0 amide bonds. The molecule has 2 N–H and O–H groups in total. The van der Waals surface area contributed by atoms with Crippen LogP contribution in [-0.4, -0.2) is 19.5 Å². The van der Waals surface area contributed by atoms with Gasteiger partial charge in [-0.15, -0.1) is 0 Å². The highest BCUT2D eigenvalue weighted by molar-refractivity contribution is 5.55. The Morgan fingerprint density at radius 2 is 2.11 bits per heavy atom. The minimum Gasteiger partial charge on any atom is -0.383 e. The van der Waals surface area contributed by atoms with Gasteiger partial charge in [0.15, 0.2) is 5.82 Å². The van der Waals surface area contributed by atoms with Crippen LogP contribution < -0.4 is 5.73 Å². The second kappa shape index (κ2) is 4.99. The zero-order valence-electron chi connectivity index (χ0n) is 11.3. The van der Waals surface area contributed by atoms with Crippen molar-refractivity contribution in [2.75, 3.05) is 5.73 Å². The highest BCUT2D eigenvalue weighted by Gasteiger charge is 2.18. The summed E-state index contributed by atoms with van der Waals surface area (Å²) < 4.78 is 2.09. The van der Waals surface area contributed by atoms with Gasteiger partial charge >= 0.3 is 0 Å². The Balaban J connectivity index is 2.05. The molecule has 1 aliphatic rings. The number of anilines is 1. The highest BCUT2D eigenvalue weighted by Crippen LogP contribution is 2.26. The fourth-order valence-electron chi connectivity index (χ4n) is 2.66.